The molecule has 0 radical (unpaired) electrons. The largest absolute Gasteiger partial charge is 0.391 e. The van der Waals surface area contributed by atoms with Gasteiger partial charge in [0.1, 0.15) is 5.82 Å². The van der Waals surface area contributed by atoms with Gasteiger partial charge < -0.3 is 9.67 Å². The van der Waals surface area contributed by atoms with Gasteiger partial charge in [-0.2, -0.15) is 0 Å². The molecule has 0 amide bonds. The van der Waals surface area contributed by atoms with Gasteiger partial charge in [0.05, 0.1) is 23.9 Å². The summed E-state index contributed by atoms with van der Waals surface area (Å²) in [6.07, 6.45) is 2.44. The molecule has 3 heterocycles. The van der Waals surface area contributed by atoms with Crippen molar-refractivity contribution in [1.29, 1.82) is 0 Å². The number of hydrogen-bond acceptors (Lipinski definition) is 4. The van der Waals surface area contributed by atoms with Crippen LogP contribution < -0.4 is 0 Å². The maximum atomic E-state index is 10.6. The number of aryl methyl sites for hydroxylation is 1. The highest BCUT2D eigenvalue weighted by Gasteiger charge is 2.32. The van der Waals surface area contributed by atoms with Crippen molar-refractivity contribution in [2.75, 3.05) is 13.1 Å². The predicted molar refractivity (Wildman–Crippen MR) is 103 cm³/mol. The molecule has 1 N–H and O–H groups in total. The molecule has 2 aromatic heterocycles. The summed E-state index contributed by atoms with van der Waals surface area (Å²) in [5.41, 5.74) is 4.58. The molecule has 136 valence electrons. The Morgan fingerprint density at radius 1 is 1.15 bits per heavy atom. The molecule has 3 aromatic rings. The summed E-state index contributed by atoms with van der Waals surface area (Å²) >= 11 is 0. The monoisotopic (exact) mass is 350 g/mol. The number of aliphatic hydroxyl groups excluding tert-OH is 1. The lowest BCUT2D eigenvalue weighted by Crippen LogP contribution is -2.23. The van der Waals surface area contributed by atoms with Crippen LogP contribution in [0, 0.1) is 19.8 Å². The van der Waals surface area contributed by atoms with Crippen LogP contribution in [-0.2, 0) is 20.0 Å². The third-order valence-electron chi connectivity index (χ3n) is 5.78. The van der Waals surface area contributed by atoms with Crippen molar-refractivity contribution in [1.82, 2.24) is 19.4 Å². The van der Waals surface area contributed by atoms with Crippen LogP contribution in [0.1, 0.15) is 22.8 Å². The highest BCUT2D eigenvalue weighted by molar-refractivity contribution is 5.81. The fourth-order valence-electron chi connectivity index (χ4n) is 4.01. The minimum absolute atomic E-state index is 0.239. The van der Waals surface area contributed by atoms with Gasteiger partial charge in [0.15, 0.2) is 0 Å². The molecule has 1 aromatic carbocycles. The summed E-state index contributed by atoms with van der Waals surface area (Å²) in [4.78, 5) is 11.4. The average Bonchev–Trinajstić information content (AvgIpc) is 3.10. The van der Waals surface area contributed by atoms with E-state index < -0.39 is 0 Å². The Labute approximate surface area is 154 Å². The van der Waals surface area contributed by atoms with Crippen molar-refractivity contribution in [2.24, 2.45) is 13.0 Å². The number of rotatable bonds is 4. The standard InChI is InChI=1S/C21H26N4O/c1-14-15(2)24(3)21(23-14)13-25-11-17(20(26)12-25)10-16-8-9-22-19-7-5-4-6-18(16)19/h4-9,17,20,26H,10-13H2,1-3H3/t17-,20+/m1/s1. The Hall–Kier alpha value is -2.24. The highest BCUT2D eigenvalue weighted by atomic mass is 16.3. The summed E-state index contributed by atoms with van der Waals surface area (Å²) in [5, 5.41) is 11.8. The lowest BCUT2D eigenvalue weighted by Gasteiger charge is -2.16. The van der Waals surface area contributed by atoms with Crippen LogP contribution in [0.15, 0.2) is 36.5 Å². The zero-order valence-electron chi connectivity index (χ0n) is 15.7. The second kappa shape index (κ2) is 6.82. The molecule has 1 aliphatic heterocycles. The smallest absolute Gasteiger partial charge is 0.123 e. The molecule has 2 atom stereocenters. The number of likely N-dealkylation sites (tertiary alicyclic amines) is 1. The lowest BCUT2D eigenvalue weighted by atomic mass is 9.94. The highest BCUT2D eigenvalue weighted by Crippen LogP contribution is 2.26. The molecular weight excluding hydrogens is 324 g/mol. The van der Waals surface area contributed by atoms with Gasteiger partial charge in [-0.1, -0.05) is 18.2 Å². The van der Waals surface area contributed by atoms with Crippen LogP contribution in [0.3, 0.4) is 0 Å². The van der Waals surface area contributed by atoms with E-state index in [-0.39, 0.29) is 12.0 Å². The molecule has 4 rings (SSSR count). The van der Waals surface area contributed by atoms with E-state index in [9.17, 15) is 5.11 Å². The Bertz CT molecular complexity index is 928. The first-order valence-electron chi connectivity index (χ1n) is 9.24. The fraction of sp³-hybridized carbons (Fsp3) is 0.429. The van der Waals surface area contributed by atoms with Crippen LogP contribution >= 0.6 is 0 Å². The van der Waals surface area contributed by atoms with Gasteiger partial charge in [-0.3, -0.25) is 9.88 Å². The van der Waals surface area contributed by atoms with Crippen molar-refractivity contribution in [2.45, 2.75) is 32.9 Å². The summed E-state index contributed by atoms with van der Waals surface area (Å²) in [6.45, 7) is 6.54. The molecule has 0 unspecified atom stereocenters. The molecule has 26 heavy (non-hydrogen) atoms. The Kier molecular flexibility index (Phi) is 4.51. The average molecular weight is 350 g/mol. The molecule has 0 spiro atoms. The van der Waals surface area contributed by atoms with E-state index in [1.807, 2.05) is 18.3 Å². The maximum absolute atomic E-state index is 10.6. The second-order valence-corrected chi connectivity index (χ2v) is 7.47. The van der Waals surface area contributed by atoms with Crippen molar-refractivity contribution in [3.63, 3.8) is 0 Å². The van der Waals surface area contributed by atoms with Crippen molar-refractivity contribution in [3.05, 3.63) is 59.3 Å². The van der Waals surface area contributed by atoms with E-state index in [0.29, 0.717) is 6.54 Å². The topological polar surface area (TPSA) is 54.2 Å². The quantitative estimate of drug-likeness (QED) is 0.786. The number of fused-ring (bicyclic) bond motifs is 1. The van der Waals surface area contributed by atoms with Gasteiger partial charge in [-0.05, 0) is 38.0 Å². The third kappa shape index (κ3) is 3.13. The van der Waals surface area contributed by atoms with Crippen molar-refractivity contribution >= 4 is 10.9 Å². The number of aromatic nitrogens is 3. The molecular formula is C21H26N4O. The molecule has 1 saturated heterocycles. The Morgan fingerprint density at radius 2 is 1.96 bits per heavy atom. The van der Waals surface area contributed by atoms with Crippen LogP contribution in [-0.4, -0.2) is 43.7 Å². The van der Waals surface area contributed by atoms with Gasteiger partial charge in [0.2, 0.25) is 0 Å². The maximum Gasteiger partial charge on any atom is 0.123 e. The van der Waals surface area contributed by atoms with E-state index in [4.69, 9.17) is 0 Å². The van der Waals surface area contributed by atoms with E-state index in [1.54, 1.807) is 0 Å². The van der Waals surface area contributed by atoms with Crippen molar-refractivity contribution in [3.8, 4) is 0 Å². The number of imidazole rings is 1. The number of β-amino-alcohol motifs (C(OH)–C–C–N with tert-alkyl or cyclic N) is 1. The zero-order chi connectivity index (χ0) is 18.3. The molecule has 0 aliphatic carbocycles. The molecule has 0 saturated carbocycles. The van der Waals surface area contributed by atoms with Gasteiger partial charge in [-0.15, -0.1) is 0 Å². The van der Waals surface area contributed by atoms with E-state index in [2.05, 4.69) is 58.5 Å². The van der Waals surface area contributed by atoms with Gasteiger partial charge in [0.25, 0.3) is 0 Å². The number of hydrogen-bond donors (Lipinski definition) is 1. The van der Waals surface area contributed by atoms with Crippen molar-refractivity contribution < 1.29 is 5.11 Å². The summed E-state index contributed by atoms with van der Waals surface area (Å²) in [5.74, 6) is 1.31. The molecule has 5 nitrogen and oxygen atoms in total. The van der Waals surface area contributed by atoms with E-state index in [1.165, 1.54) is 16.6 Å². The van der Waals surface area contributed by atoms with Gasteiger partial charge in [-0.25, -0.2) is 4.98 Å². The number of benzene rings is 1. The van der Waals surface area contributed by atoms with Crippen LogP contribution in [0.5, 0.6) is 0 Å². The summed E-state index contributed by atoms with van der Waals surface area (Å²) in [7, 11) is 2.07. The molecule has 1 aliphatic rings. The molecule has 0 bridgehead atoms. The zero-order valence-corrected chi connectivity index (χ0v) is 15.7. The summed E-state index contributed by atoms with van der Waals surface area (Å²) < 4.78 is 2.16. The SMILES string of the molecule is Cc1nc(CN2C[C@@H](Cc3ccnc4ccccc34)[C@@H](O)C2)n(C)c1C. The molecule has 1 fully saturated rings. The second-order valence-electron chi connectivity index (χ2n) is 7.47. The first-order chi connectivity index (χ1) is 12.5. The fourth-order valence-corrected chi connectivity index (χ4v) is 4.01. The minimum Gasteiger partial charge on any atom is -0.391 e. The Balaban J connectivity index is 1.49. The first-order valence-corrected chi connectivity index (χ1v) is 9.24. The molecule has 5 heteroatoms. The number of nitrogens with zero attached hydrogens (tertiary/aromatic N) is 4. The van der Waals surface area contributed by atoms with E-state index >= 15 is 0 Å². The third-order valence-corrected chi connectivity index (χ3v) is 5.78. The normalized spacial score (nSPS) is 20.9. The number of para-hydroxylation sites is 1. The lowest BCUT2D eigenvalue weighted by molar-refractivity contribution is 0.141. The van der Waals surface area contributed by atoms with Gasteiger partial charge >= 0.3 is 0 Å². The van der Waals surface area contributed by atoms with Crippen LogP contribution in [0.4, 0.5) is 0 Å². The number of aliphatic hydroxyl groups is 1. The van der Waals surface area contributed by atoms with Crippen LogP contribution in [0.25, 0.3) is 10.9 Å². The minimum atomic E-state index is -0.301. The predicted octanol–water partition coefficient (Wildman–Crippen LogP) is 2.62. The van der Waals surface area contributed by atoms with Gasteiger partial charge in [0, 0.05) is 43.3 Å². The van der Waals surface area contributed by atoms with E-state index in [0.717, 1.165) is 36.5 Å². The summed E-state index contributed by atoms with van der Waals surface area (Å²) in [6, 6.07) is 10.3. The first kappa shape index (κ1) is 17.2. The number of pyridine rings is 1. The Morgan fingerprint density at radius 3 is 2.73 bits per heavy atom. The van der Waals surface area contributed by atoms with Crippen LogP contribution in [0.2, 0.25) is 0 Å².